The van der Waals surface area contributed by atoms with Gasteiger partial charge >= 0.3 is 0 Å². The molecule has 0 nitrogen and oxygen atoms in total. The molecule has 82 valence electrons. The summed E-state index contributed by atoms with van der Waals surface area (Å²) in [5.41, 5.74) is 2.63. The maximum Gasteiger partial charge on any atom is -0.00632 e. The molecule has 1 heteroatoms. The van der Waals surface area contributed by atoms with Crippen LogP contribution in [0, 0.1) is 6.92 Å². The van der Waals surface area contributed by atoms with Gasteiger partial charge in [-0.3, -0.25) is 0 Å². The molecule has 0 spiro atoms. The molecule has 0 amide bonds. The average molecular weight is 228 g/mol. The highest BCUT2D eigenvalue weighted by Crippen LogP contribution is 2.23. The van der Waals surface area contributed by atoms with E-state index in [0.29, 0.717) is 0 Å². The summed E-state index contributed by atoms with van der Waals surface area (Å²) in [6.07, 6.45) is 5.40. The Labute approximate surface area is 102 Å². The molecule has 2 rings (SSSR count). The quantitative estimate of drug-likeness (QED) is 0.736. The molecule has 0 aliphatic rings. The minimum atomic E-state index is 0.903. The molecule has 0 heterocycles. The highest BCUT2D eigenvalue weighted by Gasteiger charge is 1.99. The van der Waals surface area contributed by atoms with Gasteiger partial charge in [-0.05, 0) is 41.0 Å². The standard InChI is InChI=1S/C15H16S/c1-12-9-10-13(6-4-5-11-16)15-8-3-2-7-14(12)15/h2-4,6-10,16H,5,11H2,1H3. The molecule has 16 heavy (non-hydrogen) atoms. The zero-order valence-electron chi connectivity index (χ0n) is 9.48. The summed E-state index contributed by atoms with van der Waals surface area (Å²) in [6, 6.07) is 12.9. The van der Waals surface area contributed by atoms with Crippen molar-refractivity contribution in [3.8, 4) is 0 Å². The van der Waals surface area contributed by atoms with Crippen LogP contribution < -0.4 is 0 Å². The summed E-state index contributed by atoms with van der Waals surface area (Å²) in [5, 5.41) is 2.67. The highest BCUT2D eigenvalue weighted by atomic mass is 32.1. The average Bonchev–Trinajstić information content (AvgIpc) is 2.33. The molecule has 0 aliphatic heterocycles. The van der Waals surface area contributed by atoms with Gasteiger partial charge in [-0.25, -0.2) is 0 Å². The molecule has 0 fully saturated rings. The van der Waals surface area contributed by atoms with Crippen LogP contribution >= 0.6 is 12.6 Å². The molecular formula is C15H16S. The van der Waals surface area contributed by atoms with Gasteiger partial charge in [-0.1, -0.05) is 48.6 Å². The van der Waals surface area contributed by atoms with Crippen molar-refractivity contribution in [3.05, 3.63) is 53.6 Å². The van der Waals surface area contributed by atoms with Crippen molar-refractivity contribution in [3.63, 3.8) is 0 Å². The van der Waals surface area contributed by atoms with E-state index in [2.05, 4.69) is 68.1 Å². The maximum absolute atomic E-state index is 4.21. The van der Waals surface area contributed by atoms with E-state index in [1.807, 2.05) is 0 Å². The van der Waals surface area contributed by atoms with E-state index >= 15 is 0 Å². The van der Waals surface area contributed by atoms with Gasteiger partial charge in [0.2, 0.25) is 0 Å². The first-order valence-electron chi connectivity index (χ1n) is 5.58. The Bertz CT molecular complexity index is 512. The lowest BCUT2D eigenvalue weighted by Gasteiger charge is -2.05. The van der Waals surface area contributed by atoms with Gasteiger partial charge in [-0.2, -0.15) is 12.6 Å². The predicted molar refractivity (Wildman–Crippen MR) is 76.2 cm³/mol. The van der Waals surface area contributed by atoms with E-state index < -0.39 is 0 Å². The van der Waals surface area contributed by atoms with Gasteiger partial charge in [0.15, 0.2) is 0 Å². The second-order valence-electron chi connectivity index (χ2n) is 3.93. The fourth-order valence-electron chi connectivity index (χ4n) is 1.90. The molecule has 0 unspecified atom stereocenters. The number of hydrogen-bond acceptors (Lipinski definition) is 1. The van der Waals surface area contributed by atoms with Gasteiger partial charge in [0, 0.05) is 0 Å². The number of aryl methyl sites for hydroxylation is 1. The van der Waals surface area contributed by atoms with Crippen molar-refractivity contribution in [2.24, 2.45) is 0 Å². The van der Waals surface area contributed by atoms with Crippen LogP contribution in [0.15, 0.2) is 42.5 Å². The minimum absolute atomic E-state index is 0.903. The lowest BCUT2D eigenvalue weighted by atomic mass is 10.00. The third-order valence-electron chi connectivity index (χ3n) is 2.77. The second-order valence-corrected chi connectivity index (χ2v) is 4.38. The van der Waals surface area contributed by atoms with E-state index in [1.54, 1.807) is 0 Å². The van der Waals surface area contributed by atoms with Crippen LogP contribution in [0.5, 0.6) is 0 Å². The normalized spacial score (nSPS) is 11.4. The summed E-state index contributed by atoms with van der Waals surface area (Å²) in [7, 11) is 0. The maximum atomic E-state index is 4.21. The van der Waals surface area contributed by atoms with Crippen LogP contribution in [0.3, 0.4) is 0 Å². The predicted octanol–water partition coefficient (Wildman–Crippen LogP) is 4.48. The van der Waals surface area contributed by atoms with Crippen LogP contribution in [-0.2, 0) is 0 Å². The molecule has 2 aromatic carbocycles. The monoisotopic (exact) mass is 228 g/mol. The number of thiol groups is 1. The van der Waals surface area contributed by atoms with Gasteiger partial charge in [0.1, 0.15) is 0 Å². The van der Waals surface area contributed by atoms with Crippen LogP contribution in [0.2, 0.25) is 0 Å². The summed E-state index contributed by atoms with van der Waals surface area (Å²) < 4.78 is 0. The Kier molecular flexibility index (Phi) is 3.68. The van der Waals surface area contributed by atoms with Crippen LogP contribution in [-0.4, -0.2) is 5.75 Å². The van der Waals surface area contributed by atoms with Crippen molar-refractivity contribution in [1.82, 2.24) is 0 Å². The van der Waals surface area contributed by atoms with Crippen molar-refractivity contribution in [2.75, 3.05) is 5.75 Å². The first-order valence-corrected chi connectivity index (χ1v) is 6.22. The molecule has 0 radical (unpaired) electrons. The van der Waals surface area contributed by atoms with Crippen LogP contribution in [0.4, 0.5) is 0 Å². The Morgan fingerprint density at radius 3 is 2.56 bits per heavy atom. The van der Waals surface area contributed by atoms with Crippen LogP contribution in [0.1, 0.15) is 17.5 Å². The summed E-state index contributed by atoms with van der Waals surface area (Å²) >= 11 is 4.21. The molecule has 0 bridgehead atoms. The molecule has 0 saturated heterocycles. The third kappa shape index (κ3) is 2.30. The van der Waals surface area contributed by atoms with E-state index in [0.717, 1.165) is 12.2 Å². The number of benzene rings is 2. The van der Waals surface area contributed by atoms with Crippen molar-refractivity contribution < 1.29 is 0 Å². The van der Waals surface area contributed by atoms with Gasteiger partial charge in [0.25, 0.3) is 0 Å². The zero-order chi connectivity index (χ0) is 11.4. The fourth-order valence-corrected chi connectivity index (χ4v) is 2.05. The molecule has 0 N–H and O–H groups in total. The lowest BCUT2D eigenvalue weighted by Crippen LogP contribution is -1.82. The van der Waals surface area contributed by atoms with E-state index in [-0.39, 0.29) is 0 Å². The van der Waals surface area contributed by atoms with Gasteiger partial charge in [0.05, 0.1) is 0 Å². The lowest BCUT2D eigenvalue weighted by molar-refractivity contribution is 1.26. The molecule has 0 atom stereocenters. The fraction of sp³-hybridized carbons (Fsp3) is 0.200. The molecule has 2 aromatic rings. The Morgan fingerprint density at radius 2 is 1.81 bits per heavy atom. The van der Waals surface area contributed by atoms with Crippen molar-refractivity contribution >= 4 is 29.5 Å². The number of allylic oxidation sites excluding steroid dienone is 1. The molecular weight excluding hydrogens is 212 g/mol. The smallest absolute Gasteiger partial charge is 0.00632 e. The van der Waals surface area contributed by atoms with E-state index in [1.165, 1.54) is 21.9 Å². The number of rotatable bonds is 3. The zero-order valence-corrected chi connectivity index (χ0v) is 10.4. The van der Waals surface area contributed by atoms with Crippen molar-refractivity contribution in [2.45, 2.75) is 13.3 Å². The summed E-state index contributed by atoms with van der Waals surface area (Å²) in [6.45, 7) is 2.16. The Morgan fingerprint density at radius 1 is 1.06 bits per heavy atom. The second kappa shape index (κ2) is 5.22. The van der Waals surface area contributed by atoms with E-state index in [4.69, 9.17) is 0 Å². The number of hydrogen-bond donors (Lipinski definition) is 1. The highest BCUT2D eigenvalue weighted by molar-refractivity contribution is 7.80. The number of fused-ring (bicyclic) bond motifs is 1. The minimum Gasteiger partial charge on any atom is -0.179 e. The first-order chi connectivity index (χ1) is 7.83. The van der Waals surface area contributed by atoms with Crippen LogP contribution in [0.25, 0.3) is 16.8 Å². The molecule has 0 aromatic heterocycles. The topological polar surface area (TPSA) is 0 Å². The summed E-state index contributed by atoms with van der Waals surface area (Å²) in [5.74, 6) is 0.903. The van der Waals surface area contributed by atoms with Crippen molar-refractivity contribution in [1.29, 1.82) is 0 Å². The third-order valence-corrected chi connectivity index (χ3v) is 3.03. The van der Waals surface area contributed by atoms with E-state index in [9.17, 15) is 0 Å². The van der Waals surface area contributed by atoms with Gasteiger partial charge < -0.3 is 0 Å². The van der Waals surface area contributed by atoms with Gasteiger partial charge in [-0.15, -0.1) is 0 Å². The SMILES string of the molecule is Cc1ccc(C=CCCS)c2ccccc12. The largest absolute Gasteiger partial charge is 0.179 e. The summed E-state index contributed by atoms with van der Waals surface area (Å²) in [4.78, 5) is 0. The first kappa shape index (κ1) is 11.3. The Balaban J connectivity index is 2.50. The molecule has 0 saturated carbocycles. The Hall–Kier alpha value is -1.21. The molecule has 0 aliphatic carbocycles.